The summed E-state index contributed by atoms with van der Waals surface area (Å²) in [6, 6.07) is 13.5. The van der Waals surface area contributed by atoms with Crippen LogP contribution in [0.15, 0.2) is 53.4 Å². The average molecular weight is 342 g/mol. The number of nitrogens with one attached hydrogen (secondary N) is 2. The first-order valence-electron chi connectivity index (χ1n) is 8.05. The monoisotopic (exact) mass is 342 g/mol. The summed E-state index contributed by atoms with van der Waals surface area (Å²) in [6.45, 7) is 0. The molecule has 2 aliphatic rings. The molecule has 0 saturated heterocycles. The lowest BCUT2D eigenvalue weighted by Crippen LogP contribution is -2.31. The van der Waals surface area contributed by atoms with Gasteiger partial charge in [0.1, 0.15) is 0 Å². The number of rotatable bonds is 3. The summed E-state index contributed by atoms with van der Waals surface area (Å²) < 4.78 is 27.6. The van der Waals surface area contributed by atoms with Crippen LogP contribution in [0.1, 0.15) is 31.2 Å². The van der Waals surface area contributed by atoms with E-state index < -0.39 is 15.4 Å². The zero-order valence-corrected chi connectivity index (χ0v) is 13.9. The van der Waals surface area contributed by atoms with E-state index in [1.807, 2.05) is 0 Å². The van der Waals surface area contributed by atoms with Crippen molar-refractivity contribution in [3.8, 4) is 0 Å². The average Bonchev–Trinajstić information content (AvgIpc) is 3.16. The molecular weight excluding hydrogens is 324 g/mol. The van der Waals surface area contributed by atoms with Gasteiger partial charge in [0.2, 0.25) is 5.91 Å². The zero-order valence-electron chi connectivity index (χ0n) is 13.1. The van der Waals surface area contributed by atoms with Crippen molar-refractivity contribution in [2.24, 2.45) is 0 Å². The minimum atomic E-state index is -3.63. The van der Waals surface area contributed by atoms with Crippen LogP contribution in [0.5, 0.6) is 0 Å². The molecule has 2 N–H and O–H groups in total. The summed E-state index contributed by atoms with van der Waals surface area (Å²) in [5, 5.41) is 2.94. The summed E-state index contributed by atoms with van der Waals surface area (Å²) in [5.41, 5.74) is 1.71. The van der Waals surface area contributed by atoms with Crippen molar-refractivity contribution in [2.75, 3.05) is 10.0 Å². The lowest BCUT2D eigenvalue weighted by molar-refractivity contribution is -0.120. The Morgan fingerprint density at radius 1 is 1.00 bits per heavy atom. The highest BCUT2D eigenvalue weighted by Gasteiger charge is 2.48. The van der Waals surface area contributed by atoms with Gasteiger partial charge in [0, 0.05) is 11.4 Å². The van der Waals surface area contributed by atoms with Crippen LogP contribution in [0.4, 0.5) is 11.4 Å². The molecule has 1 aliphatic carbocycles. The SMILES string of the molecule is O=C1Nc2ccc(NS(=O)(=O)c3ccccc3)cc2C12CCCC2. The Balaban J connectivity index is 1.70. The number of carbonyl (C=O) groups is 1. The quantitative estimate of drug-likeness (QED) is 0.899. The maximum absolute atomic E-state index is 12.5. The predicted octanol–water partition coefficient (Wildman–Crippen LogP) is 3.25. The molecule has 1 aliphatic heterocycles. The molecule has 6 heteroatoms. The fourth-order valence-electron chi connectivity index (χ4n) is 3.77. The van der Waals surface area contributed by atoms with Gasteiger partial charge in [-0.1, -0.05) is 31.0 Å². The van der Waals surface area contributed by atoms with E-state index in [4.69, 9.17) is 0 Å². The molecule has 1 amide bonds. The van der Waals surface area contributed by atoms with Crippen LogP contribution in [-0.2, 0) is 20.2 Å². The Kier molecular flexibility index (Phi) is 3.38. The highest BCUT2D eigenvalue weighted by atomic mass is 32.2. The zero-order chi connectivity index (χ0) is 16.8. The highest BCUT2D eigenvalue weighted by molar-refractivity contribution is 7.92. The van der Waals surface area contributed by atoms with Gasteiger partial charge in [-0.15, -0.1) is 0 Å². The first-order valence-corrected chi connectivity index (χ1v) is 9.53. The number of amides is 1. The van der Waals surface area contributed by atoms with Crippen molar-refractivity contribution in [3.05, 3.63) is 54.1 Å². The van der Waals surface area contributed by atoms with Crippen LogP contribution in [0, 0.1) is 0 Å². The number of anilines is 2. The van der Waals surface area contributed by atoms with Gasteiger partial charge in [0.05, 0.1) is 10.3 Å². The van der Waals surface area contributed by atoms with Gasteiger partial charge in [0.15, 0.2) is 0 Å². The van der Waals surface area contributed by atoms with Crippen molar-refractivity contribution in [1.29, 1.82) is 0 Å². The van der Waals surface area contributed by atoms with E-state index >= 15 is 0 Å². The maximum Gasteiger partial charge on any atom is 0.261 e. The van der Waals surface area contributed by atoms with Crippen LogP contribution in [0.3, 0.4) is 0 Å². The van der Waals surface area contributed by atoms with Gasteiger partial charge in [0.25, 0.3) is 10.0 Å². The van der Waals surface area contributed by atoms with Crippen LogP contribution < -0.4 is 10.0 Å². The van der Waals surface area contributed by atoms with E-state index in [1.54, 1.807) is 48.5 Å². The molecule has 0 unspecified atom stereocenters. The molecule has 1 heterocycles. The molecular formula is C18H18N2O3S. The fourth-order valence-corrected chi connectivity index (χ4v) is 4.84. The third-order valence-corrected chi connectivity index (χ3v) is 6.38. The van der Waals surface area contributed by atoms with Gasteiger partial charge in [-0.25, -0.2) is 8.42 Å². The van der Waals surface area contributed by atoms with Gasteiger partial charge in [-0.2, -0.15) is 0 Å². The summed E-state index contributed by atoms with van der Waals surface area (Å²) in [5.74, 6) is 0.0399. The highest BCUT2D eigenvalue weighted by Crippen LogP contribution is 2.49. The van der Waals surface area contributed by atoms with Crippen molar-refractivity contribution >= 4 is 27.3 Å². The number of hydrogen-bond acceptors (Lipinski definition) is 3. The van der Waals surface area contributed by atoms with Gasteiger partial charge >= 0.3 is 0 Å². The van der Waals surface area contributed by atoms with E-state index in [1.165, 1.54) is 0 Å². The number of sulfonamides is 1. The second kappa shape index (κ2) is 5.34. The summed E-state index contributed by atoms with van der Waals surface area (Å²) in [6.07, 6.45) is 3.68. The first kappa shape index (κ1) is 15.2. The Labute approximate surface area is 141 Å². The van der Waals surface area contributed by atoms with Crippen LogP contribution >= 0.6 is 0 Å². The van der Waals surface area contributed by atoms with Crippen LogP contribution in [0.25, 0.3) is 0 Å². The Bertz CT molecular complexity index is 901. The summed E-state index contributed by atoms with van der Waals surface area (Å²) >= 11 is 0. The Morgan fingerprint density at radius 2 is 1.71 bits per heavy atom. The van der Waals surface area contributed by atoms with Crippen molar-refractivity contribution in [2.45, 2.75) is 36.0 Å². The molecule has 124 valence electrons. The molecule has 1 saturated carbocycles. The molecule has 0 aromatic heterocycles. The number of benzene rings is 2. The van der Waals surface area contributed by atoms with E-state index in [2.05, 4.69) is 10.0 Å². The van der Waals surface area contributed by atoms with Crippen molar-refractivity contribution < 1.29 is 13.2 Å². The molecule has 1 fully saturated rings. The van der Waals surface area contributed by atoms with E-state index in [9.17, 15) is 13.2 Å². The van der Waals surface area contributed by atoms with Gasteiger partial charge in [-0.3, -0.25) is 9.52 Å². The number of hydrogen-bond donors (Lipinski definition) is 2. The molecule has 24 heavy (non-hydrogen) atoms. The molecule has 1 spiro atoms. The molecule has 0 atom stereocenters. The number of fused-ring (bicyclic) bond motifs is 2. The molecule has 0 bridgehead atoms. The molecule has 0 radical (unpaired) electrons. The second-order valence-corrected chi connectivity index (χ2v) is 8.10. The largest absolute Gasteiger partial charge is 0.325 e. The van der Waals surface area contributed by atoms with Crippen molar-refractivity contribution in [3.63, 3.8) is 0 Å². The Hall–Kier alpha value is -2.34. The van der Waals surface area contributed by atoms with E-state index in [0.29, 0.717) is 5.69 Å². The lowest BCUT2D eigenvalue weighted by Gasteiger charge is -2.21. The third kappa shape index (κ3) is 2.29. The Morgan fingerprint density at radius 3 is 2.42 bits per heavy atom. The van der Waals surface area contributed by atoms with E-state index in [-0.39, 0.29) is 10.8 Å². The van der Waals surface area contributed by atoms with Crippen LogP contribution in [-0.4, -0.2) is 14.3 Å². The number of carbonyl (C=O) groups excluding carboxylic acids is 1. The molecule has 5 nitrogen and oxygen atoms in total. The maximum atomic E-state index is 12.5. The smallest absolute Gasteiger partial charge is 0.261 e. The lowest BCUT2D eigenvalue weighted by atomic mass is 9.80. The second-order valence-electron chi connectivity index (χ2n) is 6.42. The first-order chi connectivity index (χ1) is 11.5. The van der Waals surface area contributed by atoms with Crippen molar-refractivity contribution in [1.82, 2.24) is 0 Å². The van der Waals surface area contributed by atoms with E-state index in [0.717, 1.165) is 36.9 Å². The topological polar surface area (TPSA) is 75.3 Å². The van der Waals surface area contributed by atoms with Crippen LogP contribution in [0.2, 0.25) is 0 Å². The minimum absolute atomic E-state index is 0.0399. The summed E-state index contributed by atoms with van der Waals surface area (Å²) in [4.78, 5) is 12.6. The van der Waals surface area contributed by atoms with Gasteiger partial charge < -0.3 is 5.32 Å². The molecule has 4 rings (SSSR count). The standard InChI is InChI=1S/C18H18N2O3S/c21-17-18(10-4-5-11-18)15-12-13(8-9-16(15)19-17)20-24(22,23)14-6-2-1-3-7-14/h1-3,6-9,12,20H,4-5,10-11H2,(H,19,21). The molecule has 2 aromatic carbocycles. The minimum Gasteiger partial charge on any atom is -0.325 e. The molecule has 2 aromatic rings. The predicted molar refractivity (Wildman–Crippen MR) is 92.5 cm³/mol. The van der Waals surface area contributed by atoms with Gasteiger partial charge in [-0.05, 0) is 48.7 Å². The third-order valence-electron chi connectivity index (χ3n) is 4.98. The summed E-state index contributed by atoms with van der Waals surface area (Å²) in [7, 11) is -3.63. The normalized spacial score (nSPS) is 18.4. The fraction of sp³-hybridized carbons (Fsp3) is 0.278.